The highest BCUT2D eigenvalue weighted by Gasteiger charge is 2.19. The molecule has 5 aromatic heterocycles. The number of aromatic nitrogens is 5. The third kappa shape index (κ3) is 3.49. The lowest BCUT2D eigenvalue weighted by atomic mass is 10.1. The van der Waals surface area contributed by atoms with Gasteiger partial charge in [-0.15, -0.1) is 0 Å². The van der Waals surface area contributed by atoms with Gasteiger partial charge >= 0.3 is 0 Å². The Morgan fingerprint density at radius 3 is 2.58 bits per heavy atom. The molecule has 0 aliphatic carbocycles. The Kier molecular flexibility index (Phi) is 4.60. The van der Waals surface area contributed by atoms with E-state index in [4.69, 9.17) is 26.0 Å². The van der Waals surface area contributed by atoms with Crippen LogP contribution >= 0.6 is 11.6 Å². The van der Waals surface area contributed by atoms with Crippen molar-refractivity contribution in [2.45, 2.75) is 13.8 Å². The summed E-state index contributed by atoms with van der Waals surface area (Å²) in [5.74, 6) is 1.29. The Bertz CT molecular complexity index is 1470. The van der Waals surface area contributed by atoms with Crippen LogP contribution in [0.4, 0.5) is 0 Å². The molecule has 7 nitrogen and oxygen atoms in total. The molecular formula is C23H16ClN5O2. The first-order valence-corrected chi connectivity index (χ1v) is 9.92. The lowest BCUT2D eigenvalue weighted by Gasteiger charge is -2.10. The zero-order chi connectivity index (χ0) is 21.5. The van der Waals surface area contributed by atoms with E-state index in [0.717, 1.165) is 11.5 Å². The van der Waals surface area contributed by atoms with Crippen molar-refractivity contribution >= 4 is 22.8 Å². The van der Waals surface area contributed by atoms with Crippen molar-refractivity contribution in [2.24, 2.45) is 0 Å². The number of nitrogens with one attached hydrogen (secondary N) is 1. The molecule has 0 aliphatic heterocycles. The topological polar surface area (TPSA) is 97.6 Å². The van der Waals surface area contributed by atoms with E-state index >= 15 is 0 Å². The second kappa shape index (κ2) is 7.45. The first kappa shape index (κ1) is 19.1. The number of furan rings is 1. The molecule has 0 radical (unpaired) electrons. The first-order chi connectivity index (χ1) is 15.0. The monoisotopic (exact) mass is 429 g/mol. The van der Waals surface area contributed by atoms with Crippen LogP contribution in [0.5, 0.6) is 0 Å². The van der Waals surface area contributed by atoms with Gasteiger partial charge in [0.15, 0.2) is 16.9 Å². The molecule has 0 spiro atoms. The van der Waals surface area contributed by atoms with Crippen LogP contribution in [0.25, 0.3) is 45.0 Å². The fourth-order valence-corrected chi connectivity index (χ4v) is 3.71. The summed E-state index contributed by atoms with van der Waals surface area (Å²) >= 11 is 6.20. The molecule has 0 amide bonds. The number of hydrogen-bond acceptors (Lipinski definition) is 6. The van der Waals surface area contributed by atoms with E-state index in [-0.39, 0.29) is 10.9 Å². The summed E-state index contributed by atoms with van der Waals surface area (Å²) in [6, 6.07) is 10.8. The van der Waals surface area contributed by atoms with E-state index in [9.17, 15) is 4.79 Å². The molecular weight excluding hydrogens is 414 g/mol. The molecule has 0 fully saturated rings. The van der Waals surface area contributed by atoms with Crippen LogP contribution in [0.15, 0.2) is 64.2 Å². The van der Waals surface area contributed by atoms with Gasteiger partial charge in [0.1, 0.15) is 22.3 Å². The highest BCUT2D eigenvalue weighted by atomic mass is 35.5. The molecule has 0 unspecified atom stereocenters. The highest BCUT2D eigenvalue weighted by Crippen LogP contribution is 2.32. The fraction of sp³-hybridized carbons (Fsp3) is 0.0870. The van der Waals surface area contributed by atoms with Crippen molar-refractivity contribution in [1.29, 1.82) is 0 Å². The Balaban J connectivity index is 1.83. The van der Waals surface area contributed by atoms with Crippen molar-refractivity contribution in [3.8, 4) is 33.8 Å². The minimum atomic E-state index is -0.241. The van der Waals surface area contributed by atoms with Gasteiger partial charge in [-0.3, -0.25) is 9.78 Å². The lowest BCUT2D eigenvalue weighted by Crippen LogP contribution is -2.11. The standard InChI is InChI=1S/C23H16ClN5O2/c1-12-8-15(9-18(24)27-12)19-20(17-6-5-13(2)31-17)29-23-21(28-19)22(30)16(11-26-23)14-4-3-7-25-10-14/h3-11H,1-2H3,(H,26,29,30). The number of aryl methyl sites for hydroxylation is 2. The van der Waals surface area contributed by atoms with Crippen LogP contribution in [-0.2, 0) is 0 Å². The highest BCUT2D eigenvalue weighted by molar-refractivity contribution is 6.29. The van der Waals surface area contributed by atoms with E-state index in [1.807, 2.05) is 38.1 Å². The van der Waals surface area contributed by atoms with Crippen LogP contribution in [0.1, 0.15) is 11.5 Å². The number of aromatic amines is 1. The lowest BCUT2D eigenvalue weighted by molar-refractivity contribution is 0.546. The number of halogens is 1. The van der Waals surface area contributed by atoms with Crippen molar-refractivity contribution in [1.82, 2.24) is 24.9 Å². The summed E-state index contributed by atoms with van der Waals surface area (Å²) in [6.07, 6.45) is 4.92. The van der Waals surface area contributed by atoms with Gasteiger partial charge in [-0.25, -0.2) is 15.0 Å². The minimum Gasteiger partial charge on any atom is -0.460 e. The molecule has 0 bridgehead atoms. The average Bonchev–Trinajstić information content (AvgIpc) is 3.19. The largest absolute Gasteiger partial charge is 0.460 e. The second-order valence-corrected chi connectivity index (χ2v) is 7.51. The van der Waals surface area contributed by atoms with Gasteiger partial charge in [-0.1, -0.05) is 17.7 Å². The zero-order valence-electron chi connectivity index (χ0n) is 16.7. The summed E-state index contributed by atoms with van der Waals surface area (Å²) in [4.78, 5) is 34.1. The van der Waals surface area contributed by atoms with Crippen molar-refractivity contribution in [3.05, 3.63) is 81.8 Å². The molecule has 31 heavy (non-hydrogen) atoms. The second-order valence-electron chi connectivity index (χ2n) is 7.12. The van der Waals surface area contributed by atoms with Crippen LogP contribution in [0.3, 0.4) is 0 Å². The molecule has 0 saturated heterocycles. The SMILES string of the molecule is Cc1cc(-c2nc3c(=O)c(-c4cccnc4)c[nH]c3nc2-c2ccc(C)o2)cc(Cl)n1. The van der Waals surface area contributed by atoms with Crippen LogP contribution < -0.4 is 5.43 Å². The molecule has 5 heterocycles. The molecule has 152 valence electrons. The van der Waals surface area contributed by atoms with E-state index in [1.54, 1.807) is 30.7 Å². The van der Waals surface area contributed by atoms with E-state index in [1.165, 1.54) is 0 Å². The number of H-pyrrole nitrogens is 1. The Hall–Kier alpha value is -3.84. The van der Waals surface area contributed by atoms with Crippen molar-refractivity contribution in [3.63, 3.8) is 0 Å². The molecule has 0 aromatic carbocycles. The summed E-state index contributed by atoms with van der Waals surface area (Å²) in [5, 5.41) is 0.330. The molecule has 0 saturated carbocycles. The van der Waals surface area contributed by atoms with Gasteiger partial charge in [-0.2, -0.15) is 0 Å². The van der Waals surface area contributed by atoms with Gasteiger partial charge < -0.3 is 9.40 Å². The summed E-state index contributed by atoms with van der Waals surface area (Å²) in [6.45, 7) is 3.70. The molecule has 8 heteroatoms. The average molecular weight is 430 g/mol. The number of fused-ring (bicyclic) bond motifs is 1. The molecule has 1 N–H and O–H groups in total. The summed E-state index contributed by atoms with van der Waals surface area (Å²) < 4.78 is 5.81. The van der Waals surface area contributed by atoms with E-state index in [2.05, 4.69) is 15.0 Å². The van der Waals surface area contributed by atoms with Gasteiger partial charge in [0.2, 0.25) is 5.43 Å². The maximum atomic E-state index is 13.3. The number of rotatable bonds is 3. The number of pyridine rings is 3. The van der Waals surface area contributed by atoms with Gasteiger partial charge in [0, 0.05) is 41.0 Å². The molecule has 0 aliphatic rings. The minimum absolute atomic E-state index is 0.217. The summed E-state index contributed by atoms with van der Waals surface area (Å²) in [7, 11) is 0. The first-order valence-electron chi connectivity index (χ1n) is 9.55. The van der Waals surface area contributed by atoms with Gasteiger partial charge in [0.05, 0.1) is 0 Å². The molecule has 5 aromatic rings. The maximum absolute atomic E-state index is 13.3. The Morgan fingerprint density at radius 2 is 1.87 bits per heavy atom. The zero-order valence-corrected chi connectivity index (χ0v) is 17.4. The van der Waals surface area contributed by atoms with Crippen molar-refractivity contribution < 1.29 is 4.42 Å². The van der Waals surface area contributed by atoms with Gasteiger partial charge in [-0.05, 0) is 44.2 Å². The van der Waals surface area contributed by atoms with Crippen LogP contribution in [-0.4, -0.2) is 24.9 Å². The Morgan fingerprint density at radius 1 is 1.00 bits per heavy atom. The molecule has 5 rings (SSSR count). The van der Waals surface area contributed by atoms with Crippen LogP contribution in [0.2, 0.25) is 5.15 Å². The predicted molar refractivity (Wildman–Crippen MR) is 119 cm³/mol. The third-order valence-electron chi connectivity index (χ3n) is 4.85. The summed E-state index contributed by atoms with van der Waals surface area (Å²) in [5.41, 5.74) is 3.92. The third-order valence-corrected chi connectivity index (χ3v) is 5.04. The van der Waals surface area contributed by atoms with Crippen molar-refractivity contribution in [2.75, 3.05) is 0 Å². The Labute approximate surface area is 181 Å². The maximum Gasteiger partial charge on any atom is 0.217 e. The van der Waals surface area contributed by atoms with Crippen LogP contribution in [0, 0.1) is 13.8 Å². The quantitative estimate of drug-likeness (QED) is 0.406. The fourth-order valence-electron chi connectivity index (χ4n) is 3.46. The normalized spacial score (nSPS) is 11.2. The smallest absolute Gasteiger partial charge is 0.217 e. The van der Waals surface area contributed by atoms with E-state index in [0.29, 0.717) is 44.6 Å². The predicted octanol–water partition coefficient (Wildman–Crippen LogP) is 4.97. The number of hydrogen-bond donors (Lipinski definition) is 1. The van der Waals surface area contributed by atoms with Gasteiger partial charge in [0.25, 0.3) is 0 Å². The van der Waals surface area contributed by atoms with E-state index < -0.39 is 0 Å². The number of nitrogens with zero attached hydrogens (tertiary/aromatic N) is 4. The molecule has 0 atom stereocenters.